The molecule has 1 fully saturated rings. The van der Waals surface area contributed by atoms with Gasteiger partial charge in [-0.2, -0.15) is 21.4 Å². The third kappa shape index (κ3) is 3.22. The molecule has 1 saturated heterocycles. The van der Waals surface area contributed by atoms with E-state index in [1.165, 1.54) is 5.56 Å². The van der Waals surface area contributed by atoms with Crippen molar-refractivity contribution in [1.82, 2.24) is 24.3 Å². The maximum atomic E-state index is 6.25. The van der Waals surface area contributed by atoms with Crippen molar-refractivity contribution in [3.05, 3.63) is 52.9 Å². The first-order valence-corrected chi connectivity index (χ1v) is 9.83. The fraction of sp³-hybridized carbons (Fsp3) is 0.316. The van der Waals surface area contributed by atoms with Gasteiger partial charge in [0.05, 0.1) is 30.6 Å². The second-order valence-electron chi connectivity index (χ2n) is 6.65. The van der Waals surface area contributed by atoms with E-state index in [9.17, 15) is 0 Å². The highest BCUT2D eigenvalue weighted by Gasteiger charge is 2.22. The van der Waals surface area contributed by atoms with Crippen LogP contribution in [0.1, 0.15) is 17.8 Å². The summed E-state index contributed by atoms with van der Waals surface area (Å²) in [4.78, 5) is 9.54. The molecular formula is C19H19N5O2S. The Morgan fingerprint density at radius 1 is 1.33 bits per heavy atom. The second kappa shape index (κ2) is 6.79. The van der Waals surface area contributed by atoms with Crippen molar-refractivity contribution in [2.24, 2.45) is 7.05 Å². The number of fused-ring (bicyclic) bond motifs is 1. The Labute approximate surface area is 160 Å². The Kier molecular flexibility index (Phi) is 4.14. The minimum atomic E-state index is 0.0225. The molecule has 1 aliphatic rings. The Morgan fingerprint density at radius 3 is 3.04 bits per heavy atom. The lowest BCUT2D eigenvalue weighted by Crippen LogP contribution is -2.18. The molecule has 0 bridgehead atoms. The van der Waals surface area contributed by atoms with E-state index < -0.39 is 0 Å². The summed E-state index contributed by atoms with van der Waals surface area (Å²) >= 11 is 1.68. The molecule has 0 radical (unpaired) electrons. The number of hydrogen-bond donors (Lipinski definition) is 0. The largest absolute Gasteiger partial charge is 0.470 e. The van der Waals surface area contributed by atoms with Crippen LogP contribution < -0.4 is 4.74 Å². The SMILES string of the molecule is Cn1cc(-n2ccc3nc(Cc4ccsc4)nc(O[C@H]4CCOC4)c32)cn1. The molecule has 7 nitrogen and oxygen atoms in total. The van der Waals surface area contributed by atoms with Crippen LogP contribution in [0, 0.1) is 0 Å². The zero-order valence-corrected chi connectivity index (χ0v) is 15.7. The van der Waals surface area contributed by atoms with Crippen molar-refractivity contribution >= 4 is 22.4 Å². The Bertz CT molecular complexity index is 1060. The number of thiophene rings is 1. The maximum Gasteiger partial charge on any atom is 0.242 e. The molecule has 1 atom stereocenters. The first-order chi connectivity index (χ1) is 13.3. The molecule has 8 heteroatoms. The van der Waals surface area contributed by atoms with Gasteiger partial charge in [0.25, 0.3) is 0 Å². The first kappa shape index (κ1) is 16.5. The zero-order valence-electron chi connectivity index (χ0n) is 14.9. The van der Waals surface area contributed by atoms with Gasteiger partial charge >= 0.3 is 0 Å². The smallest absolute Gasteiger partial charge is 0.242 e. The highest BCUT2D eigenvalue weighted by atomic mass is 32.1. The van der Waals surface area contributed by atoms with Gasteiger partial charge in [0, 0.05) is 32.3 Å². The lowest BCUT2D eigenvalue weighted by molar-refractivity contribution is 0.139. The van der Waals surface area contributed by atoms with Crippen LogP contribution in [0.4, 0.5) is 0 Å². The van der Waals surface area contributed by atoms with Crippen molar-refractivity contribution < 1.29 is 9.47 Å². The zero-order chi connectivity index (χ0) is 18.2. The van der Waals surface area contributed by atoms with Crippen LogP contribution in [0.3, 0.4) is 0 Å². The van der Waals surface area contributed by atoms with Crippen LogP contribution in [-0.4, -0.2) is 43.6 Å². The highest BCUT2D eigenvalue weighted by molar-refractivity contribution is 7.07. The fourth-order valence-electron chi connectivity index (χ4n) is 3.31. The van der Waals surface area contributed by atoms with Gasteiger partial charge in [0.2, 0.25) is 5.88 Å². The molecular weight excluding hydrogens is 362 g/mol. The minimum Gasteiger partial charge on any atom is -0.470 e. The van der Waals surface area contributed by atoms with Crippen LogP contribution in [0.2, 0.25) is 0 Å². The average molecular weight is 381 g/mol. The Morgan fingerprint density at radius 2 is 2.30 bits per heavy atom. The van der Waals surface area contributed by atoms with Gasteiger partial charge in [0.15, 0.2) is 0 Å². The number of nitrogens with zero attached hydrogens (tertiary/aromatic N) is 5. The number of aromatic nitrogens is 5. The molecule has 1 aliphatic heterocycles. The number of hydrogen-bond acceptors (Lipinski definition) is 6. The molecule has 5 heterocycles. The first-order valence-electron chi connectivity index (χ1n) is 8.89. The lowest BCUT2D eigenvalue weighted by atomic mass is 10.2. The number of aryl methyl sites for hydroxylation is 1. The summed E-state index contributed by atoms with van der Waals surface area (Å²) in [6.45, 7) is 1.32. The normalized spacial score (nSPS) is 17.0. The van der Waals surface area contributed by atoms with Crippen molar-refractivity contribution in [2.45, 2.75) is 18.9 Å². The van der Waals surface area contributed by atoms with Crippen molar-refractivity contribution in [1.29, 1.82) is 0 Å². The predicted octanol–water partition coefficient (Wildman–Crippen LogP) is 2.97. The standard InChI is InChI=1S/C19H19N5O2S/c1-23-10-14(9-20-23)24-5-2-16-18(24)19(26-15-3-6-25-11-15)22-17(21-16)8-13-4-7-27-12-13/h2,4-5,7,9-10,12,15H,3,6,8,11H2,1H3/t15-/m0/s1. The monoisotopic (exact) mass is 381 g/mol. The number of rotatable bonds is 5. The summed E-state index contributed by atoms with van der Waals surface area (Å²) < 4.78 is 15.5. The van der Waals surface area contributed by atoms with Crippen molar-refractivity contribution in [2.75, 3.05) is 13.2 Å². The van der Waals surface area contributed by atoms with Gasteiger partial charge in [-0.3, -0.25) is 4.68 Å². The summed E-state index contributed by atoms with van der Waals surface area (Å²) in [6, 6.07) is 4.10. The highest BCUT2D eigenvalue weighted by Crippen LogP contribution is 2.29. The molecule has 0 amide bonds. The average Bonchev–Trinajstić information content (AvgIpc) is 3.41. The molecule has 4 aromatic rings. The third-order valence-electron chi connectivity index (χ3n) is 4.63. The Balaban J connectivity index is 1.61. The molecule has 0 N–H and O–H groups in total. The van der Waals surface area contributed by atoms with E-state index in [0.717, 1.165) is 35.6 Å². The topological polar surface area (TPSA) is 67.0 Å². The van der Waals surface area contributed by atoms with E-state index in [2.05, 4.69) is 21.9 Å². The summed E-state index contributed by atoms with van der Waals surface area (Å²) in [6.07, 6.45) is 7.35. The van der Waals surface area contributed by atoms with Crippen LogP contribution in [0.5, 0.6) is 5.88 Å². The molecule has 0 spiro atoms. The predicted molar refractivity (Wildman–Crippen MR) is 103 cm³/mol. The van der Waals surface area contributed by atoms with Gasteiger partial charge in [-0.05, 0) is 28.5 Å². The summed E-state index contributed by atoms with van der Waals surface area (Å²) in [7, 11) is 1.90. The molecule has 0 aliphatic carbocycles. The van der Waals surface area contributed by atoms with Crippen LogP contribution in [0.15, 0.2) is 41.5 Å². The molecule has 138 valence electrons. The number of ether oxygens (including phenoxy) is 2. The summed E-state index contributed by atoms with van der Waals surface area (Å²) in [5.74, 6) is 1.37. The van der Waals surface area contributed by atoms with E-state index >= 15 is 0 Å². The van der Waals surface area contributed by atoms with Gasteiger partial charge in [-0.25, -0.2) is 4.98 Å². The van der Waals surface area contributed by atoms with E-state index in [1.807, 2.05) is 36.3 Å². The summed E-state index contributed by atoms with van der Waals surface area (Å²) in [5, 5.41) is 8.47. The van der Waals surface area contributed by atoms with Crippen LogP contribution in [0.25, 0.3) is 16.7 Å². The maximum absolute atomic E-state index is 6.25. The molecule has 0 aromatic carbocycles. The Hall–Kier alpha value is -2.71. The molecule has 0 saturated carbocycles. The lowest BCUT2D eigenvalue weighted by Gasteiger charge is -2.14. The van der Waals surface area contributed by atoms with E-state index in [1.54, 1.807) is 16.0 Å². The summed E-state index contributed by atoms with van der Waals surface area (Å²) in [5.41, 5.74) is 3.90. The van der Waals surface area contributed by atoms with Gasteiger partial charge in [-0.15, -0.1) is 0 Å². The van der Waals surface area contributed by atoms with Gasteiger partial charge < -0.3 is 14.0 Å². The second-order valence-corrected chi connectivity index (χ2v) is 7.43. The van der Waals surface area contributed by atoms with E-state index in [4.69, 9.17) is 19.4 Å². The quantitative estimate of drug-likeness (QED) is 0.532. The van der Waals surface area contributed by atoms with E-state index in [0.29, 0.717) is 18.9 Å². The van der Waals surface area contributed by atoms with Crippen LogP contribution >= 0.6 is 11.3 Å². The minimum absolute atomic E-state index is 0.0225. The van der Waals surface area contributed by atoms with Gasteiger partial charge in [-0.1, -0.05) is 0 Å². The third-order valence-corrected chi connectivity index (χ3v) is 5.36. The van der Waals surface area contributed by atoms with Gasteiger partial charge in [0.1, 0.15) is 17.4 Å². The molecule has 4 aromatic heterocycles. The van der Waals surface area contributed by atoms with Crippen LogP contribution in [-0.2, 0) is 18.2 Å². The molecule has 27 heavy (non-hydrogen) atoms. The van der Waals surface area contributed by atoms with Crippen molar-refractivity contribution in [3.63, 3.8) is 0 Å². The molecule has 0 unspecified atom stereocenters. The fourth-order valence-corrected chi connectivity index (χ4v) is 3.98. The van der Waals surface area contributed by atoms with E-state index in [-0.39, 0.29) is 6.10 Å². The molecule has 5 rings (SSSR count). The van der Waals surface area contributed by atoms with Crippen molar-refractivity contribution in [3.8, 4) is 11.6 Å².